The van der Waals surface area contributed by atoms with Gasteiger partial charge in [0.05, 0.1) is 12.5 Å². The Kier molecular flexibility index (Phi) is 6.13. The van der Waals surface area contributed by atoms with Gasteiger partial charge in [-0.05, 0) is 11.8 Å². The van der Waals surface area contributed by atoms with Gasteiger partial charge >= 0.3 is 12.1 Å². The number of alkyl halides is 3. The fraction of sp³-hybridized carbons (Fsp3) is 0.917. The molecule has 108 valence electrons. The molecule has 0 aliphatic heterocycles. The fourth-order valence-electron chi connectivity index (χ4n) is 1.63. The Morgan fingerprint density at radius 1 is 1.28 bits per heavy atom. The molecule has 0 aromatic carbocycles. The van der Waals surface area contributed by atoms with Gasteiger partial charge < -0.3 is 10.5 Å². The summed E-state index contributed by atoms with van der Waals surface area (Å²) in [5.74, 6) is -2.27. The van der Waals surface area contributed by atoms with E-state index in [9.17, 15) is 18.0 Å². The second-order valence-corrected chi connectivity index (χ2v) is 5.43. The van der Waals surface area contributed by atoms with Gasteiger partial charge in [0.1, 0.15) is 6.04 Å². The van der Waals surface area contributed by atoms with Crippen LogP contribution < -0.4 is 5.73 Å². The molecule has 18 heavy (non-hydrogen) atoms. The molecule has 0 rings (SSSR count). The number of ether oxygens (including phenoxy) is 1. The zero-order valence-electron chi connectivity index (χ0n) is 11.3. The van der Waals surface area contributed by atoms with Crippen LogP contribution in [0.15, 0.2) is 0 Å². The molecule has 0 amide bonds. The number of rotatable bonds is 5. The second-order valence-electron chi connectivity index (χ2n) is 5.43. The molecule has 0 unspecified atom stereocenters. The van der Waals surface area contributed by atoms with Crippen LogP contribution in [0, 0.1) is 11.3 Å². The molecule has 2 N–H and O–H groups in total. The van der Waals surface area contributed by atoms with Crippen LogP contribution in [0.1, 0.15) is 40.5 Å². The summed E-state index contributed by atoms with van der Waals surface area (Å²) in [6.07, 6.45) is -3.18. The van der Waals surface area contributed by atoms with Crippen LogP contribution in [0.4, 0.5) is 13.2 Å². The molecule has 0 bridgehead atoms. The van der Waals surface area contributed by atoms with E-state index in [0.29, 0.717) is 6.42 Å². The second kappa shape index (κ2) is 6.41. The van der Waals surface area contributed by atoms with E-state index in [2.05, 4.69) is 0 Å². The van der Waals surface area contributed by atoms with Crippen molar-refractivity contribution in [1.29, 1.82) is 0 Å². The van der Waals surface area contributed by atoms with Crippen molar-refractivity contribution in [2.75, 3.05) is 6.61 Å². The van der Waals surface area contributed by atoms with E-state index < -0.39 is 29.5 Å². The van der Waals surface area contributed by atoms with Crippen molar-refractivity contribution < 1.29 is 22.7 Å². The van der Waals surface area contributed by atoms with Gasteiger partial charge in [0, 0.05) is 0 Å². The monoisotopic (exact) mass is 269 g/mol. The summed E-state index contributed by atoms with van der Waals surface area (Å²) >= 11 is 0. The molecular formula is C12H22F3NO2. The molecule has 6 heteroatoms. The number of carbonyl (C=O) groups is 1. The third-order valence-corrected chi connectivity index (χ3v) is 2.67. The first kappa shape index (κ1) is 17.2. The van der Waals surface area contributed by atoms with Crippen molar-refractivity contribution in [2.45, 2.75) is 52.8 Å². The Labute approximate surface area is 106 Å². The number of carbonyl (C=O) groups excluding carboxylic acids is 1. The number of hydrogen-bond acceptors (Lipinski definition) is 3. The fourth-order valence-corrected chi connectivity index (χ4v) is 1.63. The molecule has 0 aliphatic rings. The molecule has 3 nitrogen and oxygen atoms in total. The first-order valence-electron chi connectivity index (χ1n) is 6.00. The molecule has 0 heterocycles. The van der Waals surface area contributed by atoms with E-state index in [1.54, 1.807) is 20.8 Å². The highest BCUT2D eigenvalue weighted by Gasteiger charge is 2.50. The molecule has 0 saturated heterocycles. The Balaban J connectivity index is 4.86. The molecule has 0 saturated carbocycles. The summed E-state index contributed by atoms with van der Waals surface area (Å²) in [5, 5.41) is 0. The molecule has 0 radical (unpaired) electrons. The van der Waals surface area contributed by atoms with Crippen molar-refractivity contribution in [3.8, 4) is 0 Å². The number of hydrogen-bond donors (Lipinski definition) is 1. The zero-order chi connectivity index (χ0) is 14.6. The van der Waals surface area contributed by atoms with E-state index in [1.165, 1.54) is 0 Å². The van der Waals surface area contributed by atoms with Crippen LogP contribution in [0.3, 0.4) is 0 Å². The average Bonchev–Trinajstić information content (AvgIpc) is 2.14. The van der Waals surface area contributed by atoms with Crippen LogP contribution >= 0.6 is 0 Å². The Hall–Kier alpha value is -0.780. The van der Waals surface area contributed by atoms with E-state index in [1.807, 2.05) is 6.92 Å². The lowest BCUT2D eigenvalue weighted by Gasteiger charge is -2.34. The maximum absolute atomic E-state index is 12.6. The third kappa shape index (κ3) is 5.25. The van der Waals surface area contributed by atoms with Crippen LogP contribution in [0.2, 0.25) is 0 Å². The molecular weight excluding hydrogens is 247 g/mol. The highest BCUT2D eigenvalue weighted by atomic mass is 19.4. The lowest BCUT2D eigenvalue weighted by Crippen LogP contribution is -2.52. The molecule has 0 fully saturated rings. The predicted molar refractivity (Wildman–Crippen MR) is 62.8 cm³/mol. The minimum absolute atomic E-state index is 0.131. The van der Waals surface area contributed by atoms with Crippen LogP contribution in [-0.4, -0.2) is 24.8 Å². The van der Waals surface area contributed by atoms with Crippen LogP contribution in [-0.2, 0) is 9.53 Å². The lowest BCUT2D eigenvalue weighted by atomic mass is 9.76. The van der Waals surface area contributed by atoms with E-state index in [-0.39, 0.29) is 6.61 Å². The largest absolute Gasteiger partial charge is 0.465 e. The maximum Gasteiger partial charge on any atom is 0.404 e. The predicted octanol–water partition coefficient (Wildman–Crippen LogP) is 2.88. The van der Waals surface area contributed by atoms with E-state index in [0.717, 1.165) is 6.42 Å². The van der Waals surface area contributed by atoms with Gasteiger partial charge in [-0.3, -0.25) is 4.79 Å². The summed E-state index contributed by atoms with van der Waals surface area (Å²) in [6, 6.07) is -2.20. The van der Waals surface area contributed by atoms with Crippen molar-refractivity contribution in [1.82, 2.24) is 0 Å². The molecule has 0 spiro atoms. The highest BCUT2D eigenvalue weighted by molar-refractivity contribution is 5.74. The highest BCUT2D eigenvalue weighted by Crippen LogP contribution is 2.35. The van der Waals surface area contributed by atoms with Gasteiger partial charge in [-0.1, -0.05) is 34.1 Å². The van der Waals surface area contributed by atoms with Gasteiger partial charge in [0.15, 0.2) is 0 Å². The minimum atomic E-state index is -4.61. The summed E-state index contributed by atoms with van der Waals surface area (Å²) in [5.41, 5.74) is 4.26. The van der Waals surface area contributed by atoms with E-state index >= 15 is 0 Å². The molecule has 0 aromatic heterocycles. The summed E-state index contributed by atoms with van der Waals surface area (Å²) < 4.78 is 42.8. The summed E-state index contributed by atoms with van der Waals surface area (Å²) in [4.78, 5) is 11.8. The smallest absolute Gasteiger partial charge is 0.404 e. The SMILES string of the molecule is CCCCOC(=O)[C@@H]([C@@H](N)C(F)(F)F)C(C)(C)C. The minimum Gasteiger partial charge on any atom is -0.465 e. The van der Waals surface area contributed by atoms with Crippen molar-refractivity contribution in [2.24, 2.45) is 17.1 Å². The quantitative estimate of drug-likeness (QED) is 0.616. The van der Waals surface area contributed by atoms with E-state index in [4.69, 9.17) is 10.5 Å². The van der Waals surface area contributed by atoms with Gasteiger partial charge in [0.25, 0.3) is 0 Å². The standard InChI is InChI=1S/C12H22F3NO2/c1-5-6-7-18-10(17)8(11(2,3)4)9(16)12(13,14)15/h8-9H,5-7,16H2,1-4H3/t8-,9-/m1/s1. The summed E-state index contributed by atoms with van der Waals surface area (Å²) in [6.45, 7) is 6.67. The van der Waals surface area contributed by atoms with Gasteiger partial charge in [0.2, 0.25) is 0 Å². The molecule has 2 atom stereocenters. The van der Waals surface area contributed by atoms with Crippen molar-refractivity contribution in [3.63, 3.8) is 0 Å². The third-order valence-electron chi connectivity index (χ3n) is 2.67. The maximum atomic E-state index is 12.6. The normalized spacial score (nSPS) is 16.2. The first-order chi connectivity index (χ1) is 8.01. The van der Waals surface area contributed by atoms with Gasteiger partial charge in [-0.2, -0.15) is 13.2 Å². The molecule has 0 aromatic rings. The Morgan fingerprint density at radius 3 is 2.11 bits per heavy atom. The number of esters is 1. The number of unbranched alkanes of at least 4 members (excludes halogenated alkanes) is 1. The first-order valence-corrected chi connectivity index (χ1v) is 6.00. The Morgan fingerprint density at radius 2 is 1.78 bits per heavy atom. The Bertz CT molecular complexity index is 271. The molecule has 0 aliphatic carbocycles. The van der Waals surface area contributed by atoms with Crippen LogP contribution in [0.25, 0.3) is 0 Å². The van der Waals surface area contributed by atoms with Gasteiger partial charge in [-0.15, -0.1) is 0 Å². The van der Waals surface area contributed by atoms with Crippen LogP contribution in [0.5, 0.6) is 0 Å². The number of halogens is 3. The topological polar surface area (TPSA) is 52.3 Å². The average molecular weight is 269 g/mol. The van der Waals surface area contributed by atoms with Crippen molar-refractivity contribution >= 4 is 5.97 Å². The van der Waals surface area contributed by atoms with Gasteiger partial charge in [-0.25, -0.2) is 0 Å². The van der Waals surface area contributed by atoms with Crippen molar-refractivity contribution in [3.05, 3.63) is 0 Å². The number of nitrogens with two attached hydrogens (primary N) is 1. The zero-order valence-corrected chi connectivity index (χ0v) is 11.3. The lowest BCUT2D eigenvalue weighted by molar-refractivity contribution is -0.185. The summed E-state index contributed by atoms with van der Waals surface area (Å²) in [7, 11) is 0.